The van der Waals surface area contributed by atoms with Crippen molar-refractivity contribution < 1.29 is 10.2 Å². The van der Waals surface area contributed by atoms with Crippen LogP contribution in [0.2, 0.25) is 0 Å². The van der Waals surface area contributed by atoms with E-state index in [0.29, 0.717) is 11.5 Å². The zero-order valence-corrected chi connectivity index (χ0v) is 25.2. The molecule has 4 aromatic carbocycles. The molecule has 0 saturated heterocycles. The maximum absolute atomic E-state index is 11.0. The number of phenolic OH excluding ortho intramolecular Hbond substituents is 2. The summed E-state index contributed by atoms with van der Waals surface area (Å²) in [5.41, 5.74) is 6.19. The monoisotopic (exact) mass is 560 g/mol. The summed E-state index contributed by atoms with van der Waals surface area (Å²) < 4.78 is 0. The summed E-state index contributed by atoms with van der Waals surface area (Å²) >= 11 is 0. The molecule has 0 spiro atoms. The zero-order chi connectivity index (χ0) is 29.0. The molecule has 0 amide bonds. The minimum atomic E-state index is -0.203. The fourth-order valence-electron chi connectivity index (χ4n) is 7.03. The normalized spacial score (nSPS) is 17.4. The summed E-state index contributed by atoms with van der Waals surface area (Å²) in [4.78, 5) is 0. The van der Waals surface area contributed by atoms with Crippen LogP contribution in [0.4, 0.5) is 0 Å². The van der Waals surface area contributed by atoms with Gasteiger partial charge in [0.25, 0.3) is 0 Å². The van der Waals surface area contributed by atoms with Gasteiger partial charge in [-0.05, 0) is 59.4 Å². The third-order valence-electron chi connectivity index (χ3n) is 9.47. The van der Waals surface area contributed by atoms with Crippen molar-refractivity contribution in [2.24, 2.45) is 0 Å². The highest BCUT2D eigenvalue weighted by Gasteiger charge is 2.35. The van der Waals surface area contributed by atoms with Crippen LogP contribution < -0.4 is 0 Å². The maximum Gasteiger partial charge on any atom is 0.123 e. The molecule has 0 aliphatic heterocycles. The first kappa shape index (κ1) is 30.0. The van der Waals surface area contributed by atoms with Gasteiger partial charge >= 0.3 is 0 Å². The van der Waals surface area contributed by atoms with Crippen LogP contribution in [0.1, 0.15) is 107 Å². The Morgan fingerprint density at radius 3 is 1.07 bits per heavy atom. The Balaban J connectivity index is 1.60. The molecule has 1 fully saturated rings. The van der Waals surface area contributed by atoms with Crippen LogP contribution >= 0.6 is 0 Å². The van der Waals surface area contributed by atoms with E-state index in [0.717, 1.165) is 35.1 Å². The van der Waals surface area contributed by atoms with Gasteiger partial charge in [-0.2, -0.15) is 0 Å². The second kappa shape index (κ2) is 15.1. The summed E-state index contributed by atoms with van der Waals surface area (Å²) in [5.74, 6) is 0.646. The van der Waals surface area contributed by atoms with E-state index < -0.39 is 0 Å². The topological polar surface area (TPSA) is 40.5 Å². The largest absolute Gasteiger partial charge is 0.507 e. The van der Waals surface area contributed by atoms with Gasteiger partial charge in [0.15, 0.2) is 0 Å². The van der Waals surface area contributed by atoms with E-state index in [2.05, 4.69) is 48.5 Å². The first-order valence-electron chi connectivity index (χ1n) is 16.5. The smallest absolute Gasteiger partial charge is 0.123 e. The summed E-state index contributed by atoms with van der Waals surface area (Å²) in [5, 5.41) is 22.0. The van der Waals surface area contributed by atoms with Crippen molar-refractivity contribution in [2.75, 3.05) is 0 Å². The fraction of sp³-hybridized carbons (Fsp3) is 0.400. The van der Waals surface area contributed by atoms with Crippen molar-refractivity contribution in [2.45, 2.75) is 102 Å². The molecule has 0 aromatic heterocycles. The molecule has 2 N–H and O–H groups in total. The van der Waals surface area contributed by atoms with Crippen LogP contribution in [0, 0.1) is 0 Å². The first-order valence-corrected chi connectivity index (χ1v) is 16.5. The molecule has 4 aromatic rings. The van der Waals surface area contributed by atoms with Crippen molar-refractivity contribution in [3.8, 4) is 33.8 Å². The molecule has 5 rings (SSSR count). The number of rotatable bonds is 4. The number of benzene rings is 4. The zero-order valence-electron chi connectivity index (χ0n) is 25.2. The molecule has 1 aliphatic carbocycles. The summed E-state index contributed by atoms with van der Waals surface area (Å²) in [6.45, 7) is 0. The van der Waals surface area contributed by atoms with Gasteiger partial charge < -0.3 is 10.2 Å². The van der Waals surface area contributed by atoms with Crippen molar-refractivity contribution in [1.29, 1.82) is 0 Å². The average molecular weight is 561 g/mol. The second-order valence-electron chi connectivity index (χ2n) is 12.4. The Labute approximate surface area is 253 Å². The third kappa shape index (κ3) is 7.46. The molecule has 0 radical (unpaired) electrons. The molecule has 0 atom stereocenters. The highest BCUT2D eigenvalue weighted by molar-refractivity contribution is 5.73. The lowest BCUT2D eigenvalue weighted by atomic mass is 9.67. The molecule has 0 unspecified atom stereocenters. The molecule has 2 nitrogen and oxygen atoms in total. The van der Waals surface area contributed by atoms with Gasteiger partial charge in [0, 0.05) is 16.5 Å². The predicted molar refractivity (Wildman–Crippen MR) is 177 cm³/mol. The van der Waals surface area contributed by atoms with E-state index in [1.165, 1.54) is 94.6 Å². The molecule has 220 valence electrons. The molecular weight excluding hydrogens is 512 g/mol. The van der Waals surface area contributed by atoms with Gasteiger partial charge in [-0.1, -0.05) is 156 Å². The van der Waals surface area contributed by atoms with Gasteiger partial charge in [-0.25, -0.2) is 0 Å². The summed E-state index contributed by atoms with van der Waals surface area (Å²) in [6, 6.07) is 33.1. The van der Waals surface area contributed by atoms with Gasteiger partial charge in [-0.3, -0.25) is 0 Å². The van der Waals surface area contributed by atoms with Crippen LogP contribution in [0.15, 0.2) is 97.1 Å². The van der Waals surface area contributed by atoms with Crippen molar-refractivity contribution >= 4 is 0 Å². The van der Waals surface area contributed by atoms with Gasteiger partial charge in [0.2, 0.25) is 0 Å². The van der Waals surface area contributed by atoms with E-state index in [-0.39, 0.29) is 5.41 Å². The number of aromatic hydroxyl groups is 2. The maximum atomic E-state index is 11.0. The highest BCUT2D eigenvalue weighted by Crippen LogP contribution is 2.46. The Bertz CT molecular complexity index is 1270. The molecule has 1 saturated carbocycles. The quantitative estimate of drug-likeness (QED) is 0.261. The van der Waals surface area contributed by atoms with Gasteiger partial charge in [0.05, 0.1) is 0 Å². The predicted octanol–water partition coefficient (Wildman–Crippen LogP) is 11.6. The fourth-order valence-corrected chi connectivity index (χ4v) is 7.03. The molecular formula is C40H48O2. The minimum absolute atomic E-state index is 0.203. The van der Waals surface area contributed by atoms with Crippen LogP contribution in [0.5, 0.6) is 11.5 Å². The van der Waals surface area contributed by atoms with Gasteiger partial charge in [-0.15, -0.1) is 0 Å². The van der Waals surface area contributed by atoms with Gasteiger partial charge in [0.1, 0.15) is 11.5 Å². The average Bonchev–Trinajstić information content (AvgIpc) is 3.03. The highest BCUT2D eigenvalue weighted by atomic mass is 16.3. The van der Waals surface area contributed by atoms with E-state index in [1.807, 2.05) is 48.5 Å². The molecule has 0 bridgehead atoms. The lowest BCUT2D eigenvalue weighted by Gasteiger charge is -2.37. The third-order valence-corrected chi connectivity index (χ3v) is 9.47. The van der Waals surface area contributed by atoms with E-state index in [4.69, 9.17) is 0 Å². The SMILES string of the molecule is Oc1ccc(C2(c3ccc(O)c(-c4ccccc4)c3)CCCCCCCCCCCCCCC2)cc1-c1ccccc1. The minimum Gasteiger partial charge on any atom is -0.507 e. The van der Waals surface area contributed by atoms with E-state index in [9.17, 15) is 10.2 Å². The van der Waals surface area contributed by atoms with E-state index >= 15 is 0 Å². The summed E-state index contributed by atoms with van der Waals surface area (Å²) in [7, 11) is 0. The van der Waals surface area contributed by atoms with Crippen LogP contribution in [0.25, 0.3) is 22.3 Å². The molecule has 2 heteroatoms. The van der Waals surface area contributed by atoms with Crippen LogP contribution in [-0.2, 0) is 5.41 Å². The van der Waals surface area contributed by atoms with Crippen molar-refractivity contribution in [3.63, 3.8) is 0 Å². The Kier molecular flexibility index (Phi) is 10.8. The van der Waals surface area contributed by atoms with Crippen LogP contribution in [0.3, 0.4) is 0 Å². The molecule has 0 heterocycles. The van der Waals surface area contributed by atoms with Crippen LogP contribution in [-0.4, -0.2) is 10.2 Å². The number of hydrogen-bond donors (Lipinski definition) is 2. The number of hydrogen-bond acceptors (Lipinski definition) is 2. The Morgan fingerprint density at radius 2 is 0.714 bits per heavy atom. The molecule has 1 aliphatic rings. The van der Waals surface area contributed by atoms with Crippen molar-refractivity contribution in [3.05, 3.63) is 108 Å². The lowest BCUT2D eigenvalue weighted by Crippen LogP contribution is -2.28. The van der Waals surface area contributed by atoms with Crippen molar-refractivity contribution in [1.82, 2.24) is 0 Å². The molecule has 42 heavy (non-hydrogen) atoms. The lowest BCUT2D eigenvalue weighted by molar-refractivity contribution is 0.386. The second-order valence-corrected chi connectivity index (χ2v) is 12.4. The number of phenols is 2. The Morgan fingerprint density at radius 1 is 0.381 bits per heavy atom. The first-order chi connectivity index (χ1) is 20.7. The van der Waals surface area contributed by atoms with E-state index in [1.54, 1.807) is 0 Å². The summed E-state index contributed by atoms with van der Waals surface area (Å²) in [6.07, 6.45) is 19.1. The Hall–Kier alpha value is -3.52. The standard InChI is InChI=1S/C40H48O2/c41-38-26-24-34(30-36(38)32-20-14-12-15-21-32)40(35-25-27-39(42)37(31-35)33-22-16-13-17-23-33)28-18-10-8-6-4-2-1-3-5-7-9-11-19-29-40/h12-17,20-27,30-31,41-42H,1-11,18-19,28-29H2.